The molecule has 2 N–H and O–H groups in total. The minimum atomic E-state index is -0.303. The summed E-state index contributed by atoms with van der Waals surface area (Å²) in [4.78, 5) is 0. The molecule has 1 aliphatic rings. The summed E-state index contributed by atoms with van der Waals surface area (Å²) in [6, 6.07) is 0. The van der Waals surface area contributed by atoms with Gasteiger partial charge in [0.05, 0.1) is 12.7 Å². The van der Waals surface area contributed by atoms with Crippen molar-refractivity contribution in [2.45, 2.75) is 53.6 Å². The van der Waals surface area contributed by atoms with E-state index in [4.69, 9.17) is 5.11 Å². The molecule has 0 fully saturated rings. The van der Waals surface area contributed by atoms with E-state index in [0.29, 0.717) is 0 Å². The predicted octanol–water partition coefficient (Wildman–Crippen LogP) is 4.48. The molecule has 2 nitrogen and oxygen atoms in total. The molecule has 122 valence electrons. The second kappa shape index (κ2) is 8.30. The van der Waals surface area contributed by atoms with Crippen molar-refractivity contribution >= 4 is 0 Å². The van der Waals surface area contributed by atoms with Gasteiger partial charge in [-0.2, -0.15) is 0 Å². The first-order valence-electron chi connectivity index (χ1n) is 7.98. The topological polar surface area (TPSA) is 40.5 Å². The zero-order valence-electron chi connectivity index (χ0n) is 14.6. The van der Waals surface area contributed by atoms with E-state index in [9.17, 15) is 5.11 Å². The maximum absolute atomic E-state index is 10.1. The van der Waals surface area contributed by atoms with Gasteiger partial charge in [-0.3, -0.25) is 0 Å². The standard InChI is InChI=1S/C20H30O2/c1-15(7-6-8-16(2)12-14-21)9-10-18-17(3)19(22)11-13-20(18,4)5/h6-10,12,19,21-22H,11,13-14H2,1-5H3/b8-6-,10-9+,15-7+,16-12+. The molecule has 0 saturated heterocycles. The highest BCUT2D eigenvalue weighted by molar-refractivity contribution is 5.38. The van der Waals surface area contributed by atoms with Gasteiger partial charge < -0.3 is 10.2 Å². The predicted molar refractivity (Wildman–Crippen MR) is 94.6 cm³/mol. The third-order valence-corrected chi connectivity index (χ3v) is 4.34. The molecule has 0 aromatic carbocycles. The Morgan fingerprint density at radius 1 is 1.23 bits per heavy atom. The van der Waals surface area contributed by atoms with Crippen LogP contribution in [0.15, 0.2) is 58.7 Å². The van der Waals surface area contributed by atoms with E-state index in [0.717, 1.165) is 29.6 Å². The molecule has 0 aliphatic heterocycles. The summed E-state index contributed by atoms with van der Waals surface area (Å²) < 4.78 is 0. The van der Waals surface area contributed by atoms with E-state index < -0.39 is 0 Å². The van der Waals surface area contributed by atoms with Crippen LogP contribution in [0.3, 0.4) is 0 Å². The number of hydrogen-bond donors (Lipinski definition) is 2. The Morgan fingerprint density at radius 2 is 1.91 bits per heavy atom. The molecule has 0 amide bonds. The quantitative estimate of drug-likeness (QED) is 0.735. The number of rotatable bonds is 5. The molecule has 1 rings (SSSR count). The second-order valence-corrected chi connectivity index (χ2v) is 6.77. The average Bonchev–Trinajstić information content (AvgIpc) is 2.43. The van der Waals surface area contributed by atoms with Crippen LogP contribution >= 0.6 is 0 Å². The Bertz CT molecular complexity index is 528. The van der Waals surface area contributed by atoms with Crippen molar-refractivity contribution in [3.8, 4) is 0 Å². The van der Waals surface area contributed by atoms with Crippen LogP contribution < -0.4 is 0 Å². The fourth-order valence-electron chi connectivity index (χ4n) is 2.75. The van der Waals surface area contributed by atoms with Gasteiger partial charge in [0.25, 0.3) is 0 Å². The maximum atomic E-state index is 10.1. The first-order chi connectivity index (χ1) is 10.3. The third kappa shape index (κ3) is 5.43. The van der Waals surface area contributed by atoms with Crippen molar-refractivity contribution in [1.82, 2.24) is 0 Å². The van der Waals surface area contributed by atoms with Crippen molar-refractivity contribution in [3.05, 3.63) is 58.7 Å². The Hall–Kier alpha value is -1.38. The van der Waals surface area contributed by atoms with Crippen molar-refractivity contribution in [3.63, 3.8) is 0 Å². The molecule has 0 saturated carbocycles. The summed E-state index contributed by atoms with van der Waals surface area (Å²) in [5.74, 6) is 0. The molecular weight excluding hydrogens is 272 g/mol. The highest BCUT2D eigenvalue weighted by atomic mass is 16.3. The summed E-state index contributed by atoms with van der Waals surface area (Å²) in [5, 5.41) is 18.9. The van der Waals surface area contributed by atoms with Gasteiger partial charge in [-0.25, -0.2) is 0 Å². The van der Waals surface area contributed by atoms with Crippen LogP contribution in [0.2, 0.25) is 0 Å². The molecule has 0 aromatic heterocycles. The smallest absolute Gasteiger partial charge is 0.0753 e. The van der Waals surface area contributed by atoms with Crippen molar-refractivity contribution in [2.75, 3.05) is 6.61 Å². The molecule has 0 radical (unpaired) electrons. The molecule has 2 heteroatoms. The normalized spacial score (nSPS) is 23.9. The van der Waals surface area contributed by atoms with Crippen LogP contribution in [0, 0.1) is 5.41 Å². The Labute approximate surface area is 135 Å². The third-order valence-electron chi connectivity index (χ3n) is 4.34. The van der Waals surface area contributed by atoms with Gasteiger partial charge in [0, 0.05) is 0 Å². The molecule has 0 heterocycles. The lowest BCUT2D eigenvalue weighted by Gasteiger charge is -2.35. The van der Waals surface area contributed by atoms with Gasteiger partial charge >= 0.3 is 0 Å². The lowest BCUT2D eigenvalue weighted by molar-refractivity contribution is 0.163. The van der Waals surface area contributed by atoms with Crippen LogP contribution in [0.25, 0.3) is 0 Å². The van der Waals surface area contributed by atoms with Gasteiger partial charge in [0.2, 0.25) is 0 Å². The highest BCUT2D eigenvalue weighted by Crippen LogP contribution is 2.40. The Balaban J connectivity index is 2.86. The minimum absolute atomic E-state index is 0.0730. The van der Waals surface area contributed by atoms with Gasteiger partial charge in [0.1, 0.15) is 0 Å². The van der Waals surface area contributed by atoms with Crippen molar-refractivity contribution < 1.29 is 10.2 Å². The number of aliphatic hydroxyl groups excluding tert-OH is 2. The van der Waals surface area contributed by atoms with E-state index >= 15 is 0 Å². The van der Waals surface area contributed by atoms with Crippen molar-refractivity contribution in [2.24, 2.45) is 5.41 Å². The lowest BCUT2D eigenvalue weighted by Crippen LogP contribution is -2.27. The first-order valence-corrected chi connectivity index (χ1v) is 7.98. The van der Waals surface area contributed by atoms with Crippen LogP contribution in [0.4, 0.5) is 0 Å². The molecule has 22 heavy (non-hydrogen) atoms. The largest absolute Gasteiger partial charge is 0.392 e. The number of aliphatic hydroxyl groups is 2. The van der Waals surface area contributed by atoms with Gasteiger partial charge in [-0.05, 0) is 50.2 Å². The average molecular weight is 302 g/mol. The molecule has 1 aliphatic carbocycles. The van der Waals surface area contributed by atoms with Gasteiger partial charge in [-0.1, -0.05) is 61.4 Å². The number of allylic oxidation sites excluding steroid dienone is 8. The fraction of sp³-hybridized carbons (Fsp3) is 0.500. The van der Waals surface area contributed by atoms with E-state index in [-0.39, 0.29) is 18.1 Å². The molecule has 1 unspecified atom stereocenters. The van der Waals surface area contributed by atoms with Gasteiger partial charge in [-0.15, -0.1) is 0 Å². The van der Waals surface area contributed by atoms with E-state index in [1.54, 1.807) is 6.08 Å². The summed E-state index contributed by atoms with van der Waals surface area (Å²) in [6.45, 7) is 10.6. The molecule has 0 bridgehead atoms. The van der Waals surface area contributed by atoms with E-state index in [2.05, 4.69) is 32.9 Å². The second-order valence-electron chi connectivity index (χ2n) is 6.77. The lowest BCUT2D eigenvalue weighted by atomic mass is 9.71. The van der Waals surface area contributed by atoms with Crippen LogP contribution in [0.1, 0.15) is 47.5 Å². The zero-order valence-corrected chi connectivity index (χ0v) is 14.6. The van der Waals surface area contributed by atoms with Gasteiger partial charge in [0.15, 0.2) is 0 Å². The summed E-state index contributed by atoms with van der Waals surface area (Å²) >= 11 is 0. The summed E-state index contributed by atoms with van der Waals surface area (Å²) in [5.41, 5.74) is 4.67. The summed E-state index contributed by atoms with van der Waals surface area (Å²) in [7, 11) is 0. The SMILES string of the molecule is CC1=C(/C=C/C(C)=C/C=C\C(C)=C\CO)C(C)(C)CCC1O. The van der Waals surface area contributed by atoms with Crippen LogP contribution in [0.5, 0.6) is 0 Å². The van der Waals surface area contributed by atoms with Crippen LogP contribution in [-0.4, -0.2) is 22.9 Å². The van der Waals surface area contributed by atoms with Crippen molar-refractivity contribution in [1.29, 1.82) is 0 Å². The Morgan fingerprint density at radius 3 is 2.55 bits per heavy atom. The summed E-state index contributed by atoms with van der Waals surface area (Å²) in [6.07, 6.45) is 13.6. The highest BCUT2D eigenvalue weighted by Gasteiger charge is 2.30. The molecule has 0 spiro atoms. The zero-order chi connectivity index (χ0) is 16.8. The number of hydrogen-bond acceptors (Lipinski definition) is 2. The monoisotopic (exact) mass is 302 g/mol. The molecule has 0 aromatic rings. The first kappa shape index (κ1) is 18.7. The van der Waals surface area contributed by atoms with E-state index in [1.165, 1.54) is 5.57 Å². The molecule has 1 atom stereocenters. The maximum Gasteiger partial charge on any atom is 0.0753 e. The fourth-order valence-corrected chi connectivity index (χ4v) is 2.75. The Kier molecular flexibility index (Phi) is 7.05. The minimum Gasteiger partial charge on any atom is -0.392 e. The van der Waals surface area contributed by atoms with E-state index in [1.807, 2.05) is 32.1 Å². The van der Waals surface area contributed by atoms with Crippen LogP contribution in [-0.2, 0) is 0 Å². The molecular formula is C20H30O2.